The molecule has 0 heterocycles. The van der Waals surface area contributed by atoms with Crippen LogP contribution in [0.25, 0.3) is 0 Å². The molecule has 0 aliphatic rings. The first-order valence-electron chi connectivity index (χ1n) is 6.14. The van der Waals surface area contributed by atoms with Crippen molar-refractivity contribution >= 4 is 5.96 Å². The Morgan fingerprint density at radius 1 is 1.53 bits per heavy atom. The molecule has 0 saturated carbocycles. The molecule has 102 valence electrons. The predicted octanol–water partition coefficient (Wildman–Crippen LogP) is 1.26. The van der Waals surface area contributed by atoms with E-state index in [1.165, 1.54) is 0 Å². The smallest absolute Gasteiger partial charge is 0.191 e. The Hall–Kier alpha value is -2.06. The SMILES string of the molecule is CN=C(NCc1cccc(C#N)c1)NC(C)COC. The standard InChI is InChI=1S/C14H20N4O/c1-11(10-19-3)18-14(16-2)17-9-13-6-4-5-12(7-13)8-15/h4-7,11H,9-10H2,1-3H3,(H2,16,17,18). The molecule has 0 bridgehead atoms. The topological polar surface area (TPSA) is 69.4 Å². The van der Waals surface area contributed by atoms with E-state index in [4.69, 9.17) is 10.00 Å². The molecule has 1 aromatic rings. The zero-order valence-electron chi connectivity index (χ0n) is 11.6. The molecule has 0 saturated heterocycles. The number of nitrogens with zero attached hydrogens (tertiary/aromatic N) is 2. The number of nitriles is 1. The van der Waals surface area contributed by atoms with Crippen LogP contribution >= 0.6 is 0 Å². The van der Waals surface area contributed by atoms with Gasteiger partial charge in [0.05, 0.1) is 18.2 Å². The number of guanidine groups is 1. The van der Waals surface area contributed by atoms with Gasteiger partial charge < -0.3 is 15.4 Å². The lowest BCUT2D eigenvalue weighted by molar-refractivity contribution is 0.179. The summed E-state index contributed by atoms with van der Waals surface area (Å²) in [5.41, 5.74) is 1.70. The summed E-state index contributed by atoms with van der Waals surface area (Å²) in [6, 6.07) is 9.80. The van der Waals surface area contributed by atoms with Crippen molar-refractivity contribution < 1.29 is 4.74 Å². The van der Waals surface area contributed by atoms with Crippen LogP contribution in [0.5, 0.6) is 0 Å². The van der Waals surface area contributed by atoms with E-state index in [0.29, 0.717) is 24.7 Å². The first kappa shape index (κ1) is 15.0. The molecule has 0 aliphatic carbocycles. The molecule has 19 heavy (non-hydrogen) atoms. The highest BCUT2D eigenvalue weighted by Gasteiger charge is 2.04. The van der Waals surface area contributed by atoms with E-state index >= 15 is 0 Å². The number of methoxy groups -OCH3 is 1. The lowest BCUT2D eigenvalue weighted by Gasteiger charge is -2.17. The number of hydrogen-bond donors (Lipinski definition) is 2. The first-order valence-corrected chi connectivity index (χ1v) is 6.14. The molecule has 1 unspecified atom stereocenters. The molecule has 0 radical (unpaired) electrons. The van der Waals surface area contributed by atoms with Gasteiger partial charge in [0.15, 0.2) is 5.96 Å². The lowest BCUT2D eigenvalue weighted by Crippen LogP contribution is -2.43. The maximum atomic E-state index is 8.84. The average molecular weight is 260 g/mol. The van der Waals surface area contributed by atoms with Gasteiger partial charge in [0.2, 0.25) is 0 Å². The molecule has 0 aromatic heterocycles. The van der Waals surface area contributed by atoms with Gasteiger partial charge in [-0.2, -0.15) is 5.26 Å². The maximum Gasteiger partial charge on any atom is 0.191 e. The van der Waals surface area contributed by atoms with Crippen LogP contribution in [0, 0.1) is 11.3 Å². The van der Waals surface area contributed by atoms with E-state index in [1.54, 1.807) is 20.2 Å². The fourth-order valence-corrected chi connectivity index (χ4v) is 1.66. The van der Waals surface area contributed by atoms with Crippen LogP contribution < -0.4 is 10.6 Å². The Kier molecular flexibility index (Phi) is 6.41. The quantitative estimate of drug-likeness (QED) is 0.617. The highest BCUT2D eigenvalue weighted by atomic mass is 16.5. The molecule has 0 fully saturated rings. The summed E-state index contributed by atoms with van der Waals surface area (Å²) in [6.45, 7) is 3.26. The van der Waals surface area contributed by atoms with Crippen LogP contribution in [-0.4, -0.2) is 32.8 Å². The van der Waals surface area contributed by atoms with Gasteiger partial charge >= 0.3 is 0 Å². The van der Waals surface area contributed by atoms with E-state index in [-0.39, 0.29) is 6.04 Å². The van der Waals surface area contributed by atoms with Crippen LogP contribution in [-0.2, 0) is 11.3 Å². The fraction of sp³-hybridized carbons (Fsp3) is 0.429. The maximum absolute atomic E-state index is 8.84. The third-order valence-electron chi connectivity index (χ3n) is 2.54. The van der Waals surface area contributed by atoms with Gasteiger partial charge in [0, 0.05) is 26.7 Å². The Morgan fingerprint density at radius 2 is 2.32 bits per heavy atom. The summed E-state index contributed by atoms with van der Waals surface area (Å²) in [4.78, 5) is 4.14. The Bertz CT molecular complexity index is 465. The van der Waals surface area contributed by atoms with Crippen molar-refractivity contribution in [2.45, 2.75) is 19.5 Å². The lowest BCUT2D eigenvalue weighted by atomic mass is 10.1. The largest absolute Gasteiger partial charge is 0.383 e. The second kappa shape index (κ2) is 8.11. The second-order valence-corrected chi connectivity index (χ2v) is 4.24. The normalized spacial score (nSPS) is 12.6. The highest BCUT2D eigenvalue weighted by molar-refractivity contribution is 5.79. The fourth-order valence-electron chi connectivity index (χ4n) is 1.66. The summed E-state index contributed by atoms with van der Waals surface area (Å²) in [6.07, 6.45) is 0. The number of rotatable bonds is 5. The summed E-state index contributed by atoms with van der Waals surface area (Å²) in [7, 11) is 3.39. The van der Waals surface area contributed by atoms with Gasteiger partial charge in [0.25, 0.3) is 0 Å². The van der Waals surface area contributed by atoms with Crippen LogP contribution in [0.15, 0.2) is 29.3 Å². The van der Waals surface area contributed by atoms with Crippen molar-refractivity contribution in [1.29, 1.82) is 5.26 Å². The number of aliphatic imine (C=N–C) groups is 1. The summed E-state index contributed by atoms with van der Waals surface area (Å²) in [5, 5.41) is 15.3. The minimum atomic E-state index is 0.182. The van der Waals surface area contributed by atoms with E-state index in [0.717, 1.165) is 5.56 Å². The third-order valence-corrected chi connectivity index (χ3v) is 2.54. The monoisotopic (exact) mass is 260 g/mol. The number of nitrogens with one attached hydrogen (secondary N) is 2. The van der Waals surface area contributed by atoms with Gasteiger partial charge in [-0.15, -0.1) is 0 Å². The van der Waals surface area contributed by atoms with Crippen LogP contribution in [0.4, 0.5) is 0 Å². The van der Waals surface area contributed by atoms with Crippen molar-refractivity contribution in [3.8, 4) is 6.07 Å². The van der Waals surface area contributed by atoms with Gasteiger partial charge in [0.1, 0.15) is 0 Å². The molecule has 0 spiro atoms. The van der Waals surface area contributed by atoms with E-state index in [9.17, 15) is 0 Å². The minimum Gasteiger partial charge on any atom is -0.383 e. The molecular formula is C14H20N4O. The number of benzene rings is 1. The summed E-state index contributed by atoms with van der Waals surface area (Å²) in [5.74, 6) is 0.715. The van der Waals surface area contributed by atoms with Crippen molar-refractivity contribution in [3.05, 3.63) is 35.4 Å². The van der Waals surface area contributed by atoms with E-state index in [1.807, 2.05) is 25.1 Å². The third kappa shape index (κ3) is 5.40. The molecule has 0 aliphatic heterocycles. The van der Waals surface area contributed by atoms with Gasteiger partial charge in [-0.3, -0.25) is 4.99 Å². The van der Waals surface area contributed by atoms with E-state index < -0.39 is 0 Å². The van der Waals surface area contributed by atoms with Crippen molar-refractivity contribution in [2.75, 3.05) is 20.8 Å². The zero-order chi connectivity index (χ0) is 14.1. The van der Waals surface area contributed by atoms with Crippen LogP contribution in [0.1, 0.15) is 18.1 Å². The predicted molar refractivity (Wildman–Crippen MR) is 75.8 cm³/mol. The van der Waals surface area contributed by atoms with Crippen molar-refractivity contribution in [3.63, 3.8) is 0 Å². The molecule has 2 N–H and O–H groups in total. The molecule has 5 heteroatoms. The zero-order valence-corrected chi connectivity index (χ0v) is 11.6. The van der Waals surface area contributed by atoms with Gasteiger partial charge in [-0.05, 0) is 24.6 Å². The van der Waals surface area contributed by atoms with Crippen LogP contribution in [0.2, 0.25) is 0 Å². The summed E-state index contributed by atoms with van der Waals surface area (Å²) >= 11 is 0. The average Bonchev–Trinajstić information content (AvgIpc) is 2.44. The molecular weight excluding hydrogens is 240 g/mol. The van der Waals surface area contributed by atoms with Crippen molar-refractivity contribution in [1.82, 2.24) is 10.6 Å². The molecule has 5 nitrogen and oxygen atoms in total. The second-order valence-electron chi connectivity index (χ2n) is 4.24. The molecule has 1 rings (SSSR count). The minimum absolute atomic E-state index is 0.182. The Morgan fingerprint density at radius 3 is 2.95 bits per heavy atom. The Labute approximate surface area is 114 Å². The van der Waals surface area contributed by atoms with Crippen molar-refractivity contribution in [2.24, 2.45) is 4.99 Å². The summed E-state index contributed by atoms with van der Waals surface area (Å²) < 4.78 is 5.06. The highest BCUT2D eigenvalue weighted by Crippen LogP contribution is 2.03. The van der Waals surface area contributed by atoms with Gasteiger partial charge in [-0.25, -0.2) is 0 Å². The molecule has 0 amide bonds. The van der Waals surface area contributed by atoms with Gasteiger partial charge in [-0.1, -0.05) is 12.1 Å². The molecule has 1 aromatic carbocycles. The van der Waals surface area contributed by atoms with E-state index in [2.05, 4.69) is 21.7 Å². The number of hydrogen-bond acceptors (Lipinski definition) is 3. The van der Waals surface area contributed by atoms with Crippen LogP contribution in [0.3, 0.4) is 0 Å². The Balaban J connectivity index is 2.51. The first-order chi connectivity index (χ1) is 9.19. The molecule has 1 atom stereocenters. The number of ether oxygens (including phenoxy) is 1.